The Morgan fingerprint density at radius 1 is 1.55 bits per heavy atom. The highest BCUT2D eigenvalue weighted by Gasteiger charge is 2.10. The summed E-state index contributed by atoms with van der Waals surface area (Å²) in [5.41, 5.74) is 0.932. The van der Waals surface area contributed by atoms with Crippen LogP contribution < -0.4 is 0 Å². The average molecular weight is 295 g/mol. The van der Waals surface area contributed by atoms with Crippen molar-refractivity contribution in [2.24, 2.45) is 0 Å². The van der Waals surface area contributed by atoms with Crippen LogP contribution in [0.2, 0.25) is 0 Å². The average Bonchev–Trinajstić information content (AvgIpc) is 2.86. The third kappa shape index (κ3) is 6.20. The van der Waals surface area contributed by atoms with Gasteiger partial charge in [0.1, 0.15) is 6.61 Å². The Morgan fingerprint density at radius 2 is 2.35 bits per heavy atom. The summed E-state index contributed by atoms with van der Waals surface area (Å²) >= 11 is 1.58. The minimum absolute atomic E-state index is 0.0141. The second-order valence-corrected chi connectivity index (χ2v) is 5.38. The molecule has 20 heavy (non-hydrogen) atoms. The highest BCUT2D eigenvalue weighted by Crippen LogP contribution is 2.15. The van der Waals surface area contributed by atoms with Crippen molar-refractivity contribution in [2.75, 3.05) is 26.9 Å². The highest BCUT2D eigenvalue weighted by atomic mass is 32.1. The molecule has 1 aromatic rings. The van der Waals surface area contributed by atoms with Crippen LogP contribution in [-0.2, 0) is 16.1 Å². The van der Waals surface area contributed by atoms with Crippen molar-refractivity contribution >= 4 is 17.2 Å². The van der Waals surface area contributed by atoms with Crippen LogP contribution in [0.3, 0.4) is 0 Å². The van der Waals surface area contributed by atoms with Gasteiger partial charge in [-0.15, -0.1) is 11.3 Å². The summed E-state index contributed by atoms with van der Waals surface area (Å²) in [6.07, 6.45) is 1.40. The van der Waals surface area contributed by atoms with E-state index in [4.69, 9.17) is 9.84 Å². The summed E-state index contributed by atoms with van der Waals surface area (Å²) in [4.78, 5) is 14.5. The fraction of sp³-hybridized carbons (Fsp3) is 0.533. The van der Waals surface area contributed by atoms with Crippen molar-refractivity contribution in [3.05, 3.63) is 21.9 Å². The number of likely N-dealkylation sites (N-methyl/N-ethyl adjacent to an activating group) is 1. The number of hydrogen-bond acceptors (Lipinski definition) is 4. The molecule has 4 nitrogen and oxygen atoms in total. The molecular formula is C15H21NO3S. The number of carbonyl (C=O) groups excluding carboxylic acids is 1. The number of aliphatic hydroxyl groups is 1. The molecule has 1 aromatic heterocycles. The summed E-state index contributed by atoms with van der Waals surface area (Å²) in [6, 6.07) is 1.98. The maximum atomic E-state index is 11.8. The molecule has 0 saturated heterocycles. The van der Waals surface area contributed by atoms with E-state index in [0.29, 0.717) is 19.6 Å². The lowest BCUT2D eigenvalue weighted by molar-refractivity contribution is -0.135. The highest BCUT2D eigenvalue weighted by molar-refractivity contribution is 7.10. The Bertz CT molecular complexity index is 473. The lowest BCUT2D eigenvalue weighted by Gasteiger charge is -2.15. The molecule has 1 N–H and O–H groups in total. The van der Waals surface area contributed by atoms with Crippen molar-refractivity contribution in [3.8, 4) is 11.8 Å². The van der Waals surface area contributed by atoms with Gasteiger partial charge in [-0.05, 0) is 12.5 Å². The Morgan fingerprint density at radius 3 is 3.05 bits per heavy atom. The first-order valence-corrected chi connectivity index (χ1v) is 7.54. The van der Waals surface area contributed by atoms with Gasteiger partial charge in [0.15, 0.2) is 0 Å². The molecule has 0 bridgehead atoms. The number of amides is 1. The quantitative estimate of drug-likeness (QED) is 0.617. The molecule has 0 aliphatic rings. The third-order valence-electron chi connectivity index (χ3n) is 2.52. The number of carbonyl (C=O) groups is 1. The zero-order valence-electron chi connectivity index (χ0n) is 12.0. The van der Waals surface area contributed by atoms with Gasteiger partial charge >= 0.3 is 0 Å². The number of thiophene rings is 1. The summed E-state index contributed by atoms with van der Waals surface area (Å²) in [7, 11) is 1.77. The van der Waals surface area contributed by atoms with Crippen molar-refractivity contribution in [3.63, 3.8) is 0 Å². The van der Waals surface area contributed by atoms with Crippen LogP contribution in [0.15, 0.2) is 11.4 Å². The van der Waals surface area contributed by atoms with Gasteiger partial charge in [-0.3, -0.25) is 4.79 Å². The monoisotopic (exact) mass is 295 g/mol. The van der Waals surface area contributed by atoms with E-state index in [-0.39, 0.29) is 19.1 Å². The summed E-state index contributed by atoms with van der Waals surface area (Å²) in [5.74, 6) is 5.85. The molecule has 1 amide bonds. The first-order chi connectivity index (χ1) is 9.67. The molecule has 0 radical (unpaired) electrons. The van der Waals surface area contributed by atoms with Crippen LogP contribution in [0.1, 0.15) is 30.2 Å². The van der Waals surface area contributed by atoms with Crippen molar-refractivity contribution in [1.29, 1.82) is 0 Å². The van der Waals surface area contributed by atoms with Gasteiger partial charge < -0.3 is 14.7 Å². The van der Waals surface area contributed by atoms with E-state index in [1.54, 1.807) is 23.3 Å². The van der Waals surface area contributed by atoms with Gasteiger partial charge in [0.25, 0.3) is 0 Å². The molecule has 0 spiro atoms. The van der Waals surface area contributed by atoms with Crippen LogP contribution >= 0.6 is 11.3 Å². The minimum Gasteiger partial charge on any atom is -0.395 e. The molecule has 0 aromatic carbocycles. The zero-order valence-corrected chi connectivity index (χ0v) is 12.8. The van der Waals surface area contributed by atoms with Gasteiger partial charge in [-0.2, -0.15) is 0 Å². The molecule has 0 unspecified atom stereocenters. The number of nitrogens with zero attached hydrogens (tertiary/aromatic N) is 1. The van der Waals surface area contributed by atoms with Gasteiger partial charge in [0, 0.05) is 35.9 Å². The fourth-order valence-electron chi connectivity index (χ4n) is 1.49. The van der Waals surface area contributed by atoms with E-state index in [1.807, 2.05) is 18.4 Å². The Balaban J connectivity index is 2.44. The van der Waals surface area contributed by atoms with Crippen LogP contribution in [-0.4, -0.2) is 42.8 Å². The maximum absolute atomic E-state index is 11.8. The van der Waals surface area contributed by atoms with Crippen LogP contribution in [0.25, 0.3) is 0 Å². The predicted molar refractivity (Wildman–Crippen MR) is 80.5 cm³/mol. The molecule has 0 aliphatic carbocycles. The Kier molecular flexibility index (Phi) is 7.97. The molecule has 0 fully saturated rings. The lowest BCUT2D eigenvalue weighted by atomic mass is 10.3. The first kappa shape index (κ1) is 16.7. The van der Waals surface area contributed by atoms with Crippen molar-refractivity contribution < 1.29 is 14.6 Å². The van der Waals surface area contributed by atoms with E-state index >= 15 is 0 Å². The second kappa shape index (κ2) is 9.54. The molecule has 0 saturated carbocycles. The molecule has 1 heterocycles. The Labute approximate surface area is 124 Å². The minimum atomic E-state index is -0.0141. The SMILES string of the molecule is CCCOCC(=O)N(C)Cc1cc(C#CCCO)cs1. The molecule has 0 aliphatic heterocycles. The van der Waals surface area contributed by atoms with Gasteiger partial charge in [-0.25, -0.2) is 0 Å². The van der Waals surface area contributed by atoms with E-state index in [9.17, 15) is 4.79 Å². The van der Waals surface area contributed by atoms with Gasteiger partial charge in [0.2, 0.25) is 5.91 Å². The van der Waals surface area contributed by atoms with Gasteiger partial charge in [0.05, 0.1) is 13.2 Å². The summed E-state index contributed by atoms with van der Waals surface area (Å²) in [6.45, 7) is 3.42. The topological polar surface area (TPSA) is 49.8 Å². The van der Waals surface area contributed by atoms with Crippen molar-refractivity contribution in [2.45, 2.75) is 26.3 Å². The molecule has 110 valence electrons. The van der Waals surface area contributed by atoms with Crippen LogP contribution in [0.4, 0.5) is 0 Å². The smallest absolute Gasteiger partial charge is 0.248 e. The third-order valence-corrected chi connectivity index (χ3v) is 3.44. The van der Waals surface area contributed by atoms with Crippen LogP contribution in [0, 0.1) is 11.8 Å². The van der Waals surface area contributed by atoms with Gasteiger partial charge in [-0.1, -0.05) is 18.8 Å². The molecular weight excluding hydrogens is 274 g/mol. The molecule has 5 heteroatoms. The van der Waals surface area contributed by atoms with E-state index in [2.05, 4.69) is 11.8 Å². The lowest BCUT2D eigenvalue weighted by Crippen LogP contribution is -2.29. The summed E-state index contributed by atoms with van der Waals surface area (Å²) < 4.78 is 5.24. The van der Waals surface area contributed by atoms with E-state index in [0.717, 1.165) is 16.9 Å². The Hall–Kier alpha value is -1.35. The normalized spacial score (nSPS) is 9.95. The largest absolute Gasteiger partial charge is 0.395 e. The zero-order chi connectivity index (χ0) is 14.8. The number of ether oxygens (including phenoxy) is 1. The number of aliphatic hydroxyl groups excluding tert-OH is 1. The van der Waals surface area contributed by atoms with Crippen LogP contribution in [0.5, 0.6) is 0 Å². The molecule has 1 rings (SSSR count). The molecule has 0 atom stereocenters. The maximum Gasteiger partial charge on any atom is 0.248 e. The fourth-order valence-corrected chi connectivity index (χ4v) is 2.35. The first-order valence-electron chi connectivity index (χ1n) is 6.66. The van der Waals surface area contributed by atoms with E-state index in [1.165, 1.54) is 0 Å². The van der Waals surface area contributed by atoms with E-state index < -0.39 is 0 Å². The predicted octanol–water partition coefficient (Wildman–Crippen LogP) is 1.87. The standard InChI is InChI=1S/C15H21NO3S/c1-3-8-19-11-15(18)16(2)10-14-9-13(12-20-14)6-4-5-7-17/h9,12,17H,3,5,7-8,10-11H2,1-2H3. The van der Waals surface area contributed by atoms with Crippen molar-refractivity contribution in [1.82, 2.24) is 4.90 Å². The summed E-state index contributed by atoms with van der Waals surface area (Å²) in [5, 5.41) is 10.6. The number of hydrogen-bond donors (Lipinski definition) is 1. The second-order valence-electron chi connectivity index (χ2n) is 4.38. The number of rotatable bonds is 7.